The van der Waals surface area contributed by atoms with E-state index in [0.717, 1.165) is 10.9 Å². The number of hydrogen-bond acceptors (Lipinski definition) is 7. The van der Waals surface area contributed by atoms with E-state index in [-0.39, 0.29) is 30.6 Å². The predicted molar refractivity (Wildman–Crippen MR) is 140 cm³/mol. The highest BCUT2D eigenvalue weighted by Gasteiger charge is 2.17. The van der Waals surface area contributed by atoms with Gasteiger partial charge in [-0.25, -0.2) is 0 Å². The van der Waals surface area contributed by atoms with Crippen molar-refractivity contribution in [3.8, 4) is 11.5 Å². The van der Waals surface area contributed by atoms with Crippen LogP contribution in [0.4, 0.5) is 17.1 Å². The number of nitrogens with zero attached hydrogens (tertiary/aromatic N) is 1. The van der Waals surface area contributed by atoms with E-state index in [1.807, 2.05) is 23.6 Å². The summed E-state index contributed by atoms with van der Waals surface area (Å²) in [7, 11) is 2.91. The van der Waals surface area contributed by atoms with Gasteiger partial charge in [-0.3, -0.25) is 19.4 Å². The van der Waals surface area contributed by atoms with Crippen LogP contribution in [0, 0.1) is 0 Å². The second-order valence-electron chi connectivity index (χ2n) is 7.66. The van der Waals surface area contributed by atoms with Gasteiger partial charge < -0.3 is 25.4 Å². The van der Waals surface area contributed by atoms with Crippen LogP contribution in [-0.2, 0) is 9.59 Å². The number of hydrogen-bond donors (Lipinski definition) is 3. The fourth-order valence-corrected chi connectivity index (χ4v) is 4.17. The summed E-state index contributed by atoms with van der Waals surface area (Å²) < 4.78 is 10.8. The highest BCUT2D eigenvalue weighted by atomic mass is 32.1. The van der Waals surface area contributed by atoms with Crippen molar-refractivity contribution in [2.45, 2.75) is 12.8 Å². The topological polar surface area (TPSA) is 119 Å². The van der Waals surface area contributed by atoms with Gasteiger partial charge in [0.1, 0.15) is 11.5 Å². The van der Waals surface area contributed by atoms with Crippen molar-refractivity contribution in [3.05, 3.63) is 71.1 Å². The zero-order valence-corrected chi connectivity index (χ0v) is 20.5. The first-order valence-electron chi connectivity index (χ1n) is 11.0. The molecule has 0 aliphatic heterocycles. The van der Waals surface area contributed by atoms with Gasteiger partial charge in [-0.05, 0) is 35.7 Å². The molecule has 0 saturated carbocycles. The minimum Gasteiger partial charge on any atom is -0.494 e. The van der Waals surface area contributed by atoms with Crippen molar-refractivity contribution in [3.63, 3.8) is 0 Å². The number of aromatic nitrogens is 1. The van der Waals surface area contributed by atoms with Gasteiger partial charge in [-0.15, -0.1) is 11.3 Å². The highest BCUT2D eigenvalue weighted by molar-refractivity contribution is 7.12. The monoisotopic (exact) mass is 504 g/mol. The third-order valence-corrected chi connectivity index (χ3v) is 6.16. The molecule has 2 heterocycles. The number of anilines is 3. The molecular weight excluding hydrogens is 480 g/mol. The number of benzene rings is 2. The molecule has 9 nitrogen and oxygen atoms in total. The van der Waals surface area contributed by atoms with Gasteiger partial charge >= 0.3 is 0 Å². The van der Waals surface area contributed by atoms with Crippen LogP contribution in [-0.4, -0.2) is 36.9 Å². The lowest BCUT2D eigenvalue weighted by Gasteiger charge is -2.16. The van der Waals surface area contributed by atoms with Crippen molar-refractivity contribution >= 4 is 57.0 Å². The van der Waals surface area contributed by atoms with Crippen molar-refractivity contribution in [2.24, 2.45) is 0 Å². The second-order valence-corrected chi connectivity index (χ2v) is 8.60. The number of amides is 3. The molecule has 0 aliphatic rings. The summed E-state index contributed by atoms with van der Waals surface area (Å²) in [5.74, 6) is -0.273. The molecule has 0 atom stereocenters. The van der Waals surface area contributed by atoms with Gasteiger partial charge in [-0.1, -0.05) is 12.1 Å². The number of carbonyl (C=O) groups excluding carboxylic acids is 3. The molecule has 2 aromatic carbocycles. The molecule has 4 rings (SSSR count). The van der Waals surface area contributed by atoms with Crippen LogP contribution in [0.2, 0.25) is 0 Å². The number of ether oxygens (including phenoxy) is 2. The van der Waals surface area contributed by atoms with E-state index in [4.69, 9.17) is 9.47 Å². The van der Waals surface area contributed by atoms with Crippen LogP contribution in [0.1, 0.15) is 22.5 Å². The maximum absolute atomic E-state index is 12.6. The lowest BCUT2D eigenvalue weighted by Crippen LogP contribution is -2.18. The molecule has 3 N–H and O–H groups in total. The van der Waals surface area contributed by atoms with Crippen LogP contribution >= 0.6 is 11.3 Å². The number of methoxy groups -OCH3 is 2. The van der Waals surface area contributed by atoms with Crippen molar-refractivity contribution < 1.29 is 23.9 Å². The molecule has 184 valence electrons. The second kappa shape index (κ2) is 11.3. The van der Waals surface area contributed by atoms with E-state index in [9.17, 15) is 14.4 Å². The zero-order chi connectivity index (χ0) is 25.5. The lowest BCUT2D eigenvalue weighted by atomic mass is 10.1. The van der Waals surface area contributed by atoms with E-state index in [1.165, 1.54) is 25.6 Å². The third kappa shape index (κ3) is 5.78. The Morgan fingerprint density at radius 3 is 2.11 bits per heavy atom. The van der Waals surface area contributed by atoms with Crippen LogP contribution in [0.15, 0.2) is 66.2 Å². The first-order valence-corrected chi connectivity index (χ1v) is 11.9. The predicted octanol–water partition coefficient (Wildman–Crippen LogP) is 4.92. The molecule has 0 saturated heterocycles. The Morgan fingerprint density at radius 2 is 1.47 bits per heavy atom. The van der Waals surface area contributed by atoms with E-state index in [2.05, 4.69) is 20.9 Å². The largest absolute Gasteiger partial charge is 0.494 e. The average molecular weight is 505 g/mol. The Hall–Kier alpha value is -4.44. The summed E-state index contributed by atoms with van der Waals surface area (Å²) in [5.41, 5.74) is 2.16. The van der Waals surface area contributed by atoms with E-state index < -0.39 is 0 Å². The number of nitrogens with one attached hydrogen (secondary N) is 3. The summed E-state index contributed by atoms with van der Waals surface area (Å²) in [5, 5.41) is 11.0. The fraction of sp³-hybridized carbons (Fsp3) is 0.154. The minimum atomic E-state index is -0.375. The van der Waals surface area contributed by atoms with Gasteiger partial charge in [-0.2, -0.15) is 0 Å². The molecule has 0 bridgehead atoms. The van der Waals surface area contributed by atoms with Crippen LogP contribution < -0.4 is 25.4 Å². The molecule has 0 aliphatic carbocycles. The van der Waals surface area contributed by atoms with Crippen molar-refractivity contribution in [1.82, 2.24) is 4.98 Å². The SMILES string of the molecule is COc1cc(NC(=O)c2cccs2)c(OC)cc1NC(=O)CCC(=O)Nc1cccc2ncccc12. The number of fused-ring (bicyclic) bond motifs is 1. The highest BCUT2D eigenvalue weighted by Crippen LogP contribution is 2.37. The number of carbonyl (C=O) groups is 3. The third-order valence-electron chi connectivity index (χ3n) is 5.29. The lowest BCUT2D eigenvalue weighted by molar-refractivity contribution is -0.121. The Balaban J connectivity index is 1.39. The number of pyridine rings is 1. The summed E-state index contributed by atoms with van der Waals surface area (Å²) in [6, 6.07) is 15.8. The maximum Gasteiger partial charge on any atom is 0.265 e. The minimum absolute atomic E-state index is 0.0170. The van der Waals surface area contributed by atoms with E-state index in [1.54, 1.807) is 42.6 Å². The molecule has 36 heavy (non-hydrogen) atoms. The smallest absolute Gasteiger partial charge is 0.265 e. The molecule has 10 heteroatoms. The molecule has 0 unspecified atom stereocenters. The van der Waals surface area contributed by atoms with Crippen LogP contribution in [0.25, 0.3) is 10.9 Å². The van der Waals surface area contributed by atoms with Crippen molar-refractivity contribution in [1.29, 1.82) is 0 Å². The van der Waals surface area contributed by atoms with Gasteiger partial charge in [0.25, 0.3) is 5.91 Å². The van der Waals surface area contributed by atoms with Gasteiger partial charge in [0.05, 0.1) is 41.7 Å². The summed E-state index contributed by atoms with van der Waals surface area (Å²) >= 11 is 1.32. The molecular formula is C26H24N4O5S. The van der Waals surface area contributed by atoms with Gasteiger partial charge in [0.2, 0.25) is 11.8 Å². The molecule has 2 aromatic heterocycles. The number of thiophene rings is 1. The molecule has 0 spiro atoms. The quantitative estimate of drug-likeness (QED) is 0.298. The number of rotatable bonds is 9. The van der Waals surface area contributed by atoms with Crippen LogP contribution in [0.5, 0.6) is 11.5 Å². The molecule has 3 amide bonds. The normalized spacial score (nSPS) is 10.5. The maximum atomic E-state index is 12.6. The summed E-state index contributed by atoms with van der Waals surface area (Å²) in [6.07, 6.45) is 1.62. The standard InChI is InChI=1S/C26H24N4O5S/c1-34-21-15-20(30-26(33)23-9-5-13-36-23)22(35-2)14-19(21)29-25(32)11-10-24(31)28-18-8-3-7-17-16(18)6-4-12-27-17/h3-9,12-15H,10-11H2,1-2H3,(H,28,31)(H,29,32)(H,30,33). The summed E-state index contributed by atoms with van der Waals surface area (Å²) in [6.45, 7) is 0. The van der Waals surface area contributed by atoms with E-state index in [0.29, 0.717) is 33.4 Å². The molecule has 4 aromatic rings. The average Bonchev–Trinajstić information content (AvgIpc) is 3.44. The van der Waals surface area contributed by atoms with Crippen LogP contribution in [0.3, 0.4) is 0 Å². The van der Waals surface area contributed by atoms with E-state index >= 15 is 0 Å². The van der Waals surface area contributed by atoms with Crippen molar-refractivity contribution in [2.75, 3.05) is 30.2 Å². The molecule has 0 radical (unpaired) electrons. The Kier molecular flexibility index (Phi) is 7.76. The Labute approximate surface area is 211 Å². The first kappa shape index (κ1) is 24.7. The zero-order valence-electron chi connectivity index (χ0n) is 19.7. The first-order chi connectivity index (χ1) is 17.5. The Morgan fingerprint density at radius 1 is 0.806 bits per heavy atom. The fourth-order valence-electron chi connectivity index (χ4n) is 3.55. The Bertz CT molecular complexity index is 1400. The van der Waals surface area contributed by atoms with Gasteiger partial charge in [0.15, 0.2) is 0 Å². The molecule has 0 fully saturated rings. The summed E-state index contributed by atoms with van der Waals surface area (Å²) in [4.78, 5) is 42.4. The van der Waals surface area contributed by atoms with Gasteiger partial charge in [0, 0.05) is 36.6 Å².